The minimum Gasteiger partial charge on any atom is -0.400 e. The number of rotatable bonds is 2. The molecule has 1 amide bonds. The first-order valence-corrected chi connectivity index (χ1v) is 6.78. The largest absolute Gasteiger partial charge is 0.400 e. The number of benzene rings is 1. The summed E-state index contributed by atoms with van der Waals surface area (Å²) in [5, 5.41) is 10.8. The van der Waals surface area contributed by atoms with Gasteiger partial charge in [0.25, 0.3) is 5.91 Å². The van der Waals surface area contributed by atoms with E-state index in [0.717, 1.165) is 15.4 Å². The van der Waals surface area contributed by atoms with Crippen molar-refractivity contribution in [3.05, 3.63) is 55.3 Å². The normalized spacial score (nSPS) is 9.32. The molecule has 3 N–H and O–H groups in total. The zero-order valence-electron chi connectivity index (χ0n) is 11.3. The molecular formula is C14H17FIN3O3. The van der Waals surface area contributed by atoms with Gasteiger partial charge in [0.05, 0.1) is 0 Å². The molecule has 0 fully saturated rings. The molecule has 22 heavy (non-hydrogen) atoms. The molecule has 0 spiro atoms. The van der Waals surface area contributed by atoms with Gasteiger partial charge in [-0.3, -0.25) is 9.59 Å². The average Bonchev–Trinajstić information content (AvgIpc) is 2.44. The lowest BCUT2D eigenvalue weighted by molar-refractivity contribution is 0.0992. The van der Waals surface area contributed by atoms with Crippen molar-refractivity contribution in [1.29, 1.82) is 0 Å². The highest BCUT2D eigenvalue weighted by Crippen LogP contribution is 2.15. The fraction of sp³-hybridized carbons (Fsp3) is 0.214. The Balaban J connectivity index is 0.00000141. The van der Waals surface area contributed by atoms with Crippen molar-refractivity contribution in [3.63, 3.8) is 0 Å². The summed E-state index contributed by atoms with van der Waals surface area (Å²) in [5.74, 6) is -1.44. The van der Waals surface area contributed by atoms with Gasteiger partial charge in [-0.1, -0.05) is 7.43 Å². The summed E-state index contributed by atoms with van der Waals surface area (Å²) in [7, 11) is 1.00. The summed E-state index contributed by atoms with van der Waals surface area (Å²) >= 11 is 1.98. The number of carbonyl (C=O) groups is 1. The van der Waals surface area contributed by atoms with Gasteiger partial charge >= 0.3 is 0 Å². The van der Waals surface area contributed by atoms with E-state index >= 15 is 0 Å². The Kier molecular flexibility index (Phi) is 7.88. The number of amides is 1. The molecule has 0 aliphatic carbocycles. The van der Waals surface area contributed by atoms with Crippen LogP contribution in [0.5, 0.6) is 0 Å². The van der Waals surface area contributed by atoms with Crippen LogP contribution in [0, 0.1) is 16.3 Å². The van der Waals surface area contributed by atoms with Crippen molar-refractivity contribution >= 4 is 28.5 Å². The highest BCUT2D eigenvalue weighted by molar-refractivity contribution is 14.1. The first kappa shape index (κ1) is 20.2. The predicted molar refractivity (Wildman–Crippen MR) is 90.6 cm³/mol. The summed E-state index contributed by atoms with van der Waals surface area (Å²) in [4.78, 5) is 22.8. The molecule has 8 heteroatoms. The SMILES string of the molecule is C.CO.Cc1cn(-c2ccc(I)cc2F)nc(C(N)=O)c1=O. The molecule has 2 aromatic rings. The molecule has 0 aliphatic rings. The van der Waals surface area contributed by atoms with Crippen LogP contribution in [0.1, 0.15) is 23.5 Å². The molecule has 0 saturated heterocycles. The Labute approximate surface area is 140 Å². The lowest BCUT2D eigenvalue weighted by Gasteiger charge is -2.09. The number of aliphatic hydroxyl groups excluding tert-OH is 1. The zero-order chi connectivity index (χ0) is 16.2. The van der Waals surface area contributed by atoms with Gasteiger partial charge in [0.1, 0.15) is 11.5 Å². The van der Waals surface area contributed by atoms with Gasteiger partial charge in [0.15, 0.2) is 5.69 Å². The van der Waals surface area contributed by atoms with Crippen molar-refractivity contribution in [3.8, 4) is 5.69 Å². The number of nitrogens with zero attached hydrogens (tertiary/aromatic N) is 2. The minimum atomic E-state index is -0.937. The Morgan fingerprint density at radius 1 is 1.41 bits per heavy atom. The van der Waals surface area contributed by atoms with Crippen LogP contribution >= 0.6 is 22.6 Å². The van der Waals surface area contributed by atoms with Gasteiger partial charge in [-0.2, -0.15) is 5.10 Å². The fourth-order valence-electron chi connectivity index (χ4n) is 1.56. The van der Waals surface area contributed by atoms with E-state index in [1.165, 1.54) is 25.3 Å². The summed E-state index contributed by atoms with van der Waals surface area (Å²) in [5.41, 5.74) is 4.54. The Morgan fingerprint density at radius 2 is 2.00 bits per heavy atom. The minimum absolute atomic E-state index is 0. The Morgan fingerprint density at radius 3 is 2.50 bits per heavy atom. The van der Waals surface area contributed by atoms with Crippen LogP contribution in [0.15, 0.2) is 29.2 Å². The first-order chi connectivity index (χ1) is 9.90. The number of carbonyl (C=O) groups excluding carboxylic acids is 1. The zero-order valence-corrected chi connectivity index (χ0v) is 13.5. The molecular weight excluding hydrogens is 404 g/mol. The van der Waals surface area contributed by atoms with E-state index in [1.54, 1.807) is 6.07 Å². The maximum Gasteiger partial charge on any atom is 0.273 e. The van der Waals surface area contributed by atoms with Crippen molar-refractivity contribution < 1.29 is 14.3 Å². The molecule has 0 unspecified atom stereocenters. The lowest BCUT2D eigenvalue weighted by Crippen LogP contribution is -2.28. The molecule has 0 radical (unpaired) electrons. The van der Waals surface area contributed by atoms with E-state index < -0.39 is 22.8 Å². The molecule has 120 valence electrons. The maximum atomic E-state index is 13.8. The van der Waals surface area contributed by atoms with Crippen molar-refractivity contribution in [2.75, 3.05) is 7.11 Å². The third-order valence-electron chi connectivity index (χ3n) is 2.49. The fourth-order valence-corrected chi connectivity index (χ4v) is 2.02. The summed E-state index contributed by atoms with van der Waals surface area (Å²) < 4.78 is 15.7. The molecule has 0 atom stereocenters. The quantitative estimate of drug-likeness (QED) is 0.721. The maximum absolute atomic E-state index is 13.8. The van der Waals surface area contributed by atoms with Crippen LogP contribution in [0.3, 0.4) is 0 Å². The third-order valence-corrected chi connectivity index (χ3v) is 3.16. The van der Waals surface area contributed by atoms with Gasteiger partial charge in [0.2, 0.25) is 5.43 Å². The number of hydrogen-bond acceptors (Lipinski definition) is 4. The highest BCUT2D eigenvalue weighted by atomic mass is 127. The molecule has 1 aromatic heterocycles. The van der Waals surface area contributed by atoms with E-state index in [-0.39, 0.29) is 18.7 Å². The molecule has 1 aromatic carbocycles. The van der Waals surface area contributed by atoms with E-state index in [1.807, 2.05) is 22.6 Å². The average molecular weight is 421 g/mol. The summed E-state index contributed by atoms with van der Waals surface area (Å²) in [6, 6.07) is 4.53. The number of aliphatic hydroxyl groups is 1. The second kappa shape index (κ2) is 8.59. The number of primary amides is 1. The molecule has 1 heterocycles. The van der Waals surface area contributed by atoms with Crippen LogP contribution in [0.4, 0.5) is 4.39 Å². The van der Waals surface area contributed by atoms with Crippen LogP contribution < -0.4 is 11.2 Å². The van der Waals surface area contributed by atoms with Crippen LogP contribution in [-0.4, -0.2) is 27.9 Å². The molecule has 0 aliphatic heterocycles. The smallest absolute Gasteiger partial charge is 0.273 e. The van der Waals surface area contributed by atoms with E-state index in [4.69, 9.17) is 10.8 Å². The monoisotopic (exact) mass is 421 g/mol. The van der Waals surface area contributed by atoms with Gasteiger partial charge in [-0.05, 0) is 47.7 Å². The number of aromatic nitrogens is 2. The van der Waals surface area contributed by atoms with Crippen molar-refractivity contribution in [2.24, 2.45) is 5.73 Å². The summed E-state index contributed by atoms with van der Waals surface area (Å²) in [6.45, 7) is 1.51. The Bertz CT molecular complexity index is 732. The van der Waals surface area contributed by atoms with Gasteiger partial charge < -0.3 is 10.8 Å². The van der Waals surface area contributed by atoms with Gasteiger partial charge in [0, 0.05) is 22.4 Å². The first-order valence-electron chi connectivity index (χ1n) is 5.70. The number of hydrogen-bond donors (Lipinski definition) is 2. The predicted octanol–water partition coefficient (Wildman–Crippen LogP) is 1.63. The topological polar surface area (TPSA) is 98.2 Å². The van der Waals surface area contributed by atoms with Gasteiger partial charge in [-0.15, -0.1) is 0 Å². The van der Waals surface area contributed by atoms with E-state index in [2.05, 4.69) is 5.10 Å². The second-order valence-electron chi connectivity index (χ2n) is 3.89. The van der Waals surface area contributed by atoms with E-state index in [9.17, 15) is 14.0 Å². The van der Waals surface area contributed by atoms with Gasteiger partial charge in [-0.25, -0.2) is 9.07 Å². The van der Waals surface area contributed by atoms with Crippen LogP contribution in [0.25, 0.3) is 5.69 Å². The van der Waals surface area contributed by atoms with Crippen molar-refractivity contribution in [2.45, 2.75) is 14.4 Å². The highest BCUT2D eigenvalue weighted by Gasteiger charge is 2.14. The molecule has 6 nitrogen and oxygen atoms in total. The van der Waals surface area contributed by atoms with Crippen LogP contribution in [0.2, 0.25) is 0 Å². The lowest BCUT2D eigenvalue weighted by atomic mass is 10.2. The standard InChI is InChI=1S/C12H9FIN3O2.CH4O.CH4/c1-6-5-17(16-10(11(6)18)12(15)19)9-3-2-7(14)4-8(9)13;1-2;/h2-5H,1H3,(H2,15,19);2H,1H3;1H4. The number of nitrogens with two attached hydrogens (primary N) is 1. The van der Waals surface area contributed by atoms with Crippen molar-refractivity contribution in [1.82, 2.24) is 9.78 Å². The van der Waals surface area contributed by atoms with Crippen LogP contribution in [-0.2, 0) is 0 Å². The summed E-state index contributed by atoms with van der Waals surface area (Å²) in [6.07, 6.45) is 1.36. The second-order valence-corrected chi connectivity index (χ2v) is 5.14. The number of halogens is 2. The third kappa shape index (κ3) is 4.34. The molecule has 2 rings (SSSR count). The molecule has 0 saturated carbocycles. The Hall–Kier alpha value is -1.81. The molecule has 0 bridgehead atoms. The van der Waals surface area contributed by atoms with E-state index in [0.29, 0.717) is 0 Å². The number of aryl methyl sites for hydroxylation is 1.